The van der Waals surface area contributed by atoms with Gasteiger partial charge in [-0.15, -0.1) is 0 Å². The number of rotatable bonds is 4. The molecule has 0 heterocycles. The van der Waals surface area contributed by atoms with E-state index in [4.69, 9.17) is 23.2 Å². The summed E-state index contributed by atoms with van der Waals surface area (Å²) in [5.41, 5.74) is 1.02. The normalized spacial score (nSPS) is 25.3. The van der Waals surface area contributed by atoms with Gasteiger partial charge in [-0.3, -0.25) is 0 Å². The molecule has 18 heavy (non-hydrogen) atoms. The van der Waals surface area contributed by atoms with Crippen molar-refractivity contribution in [3.63, 3.8) is 0 Å². The van der Waals surface area contributed by atoms with Crippen LogP contribution in [0.2, 0.25) is 10.0 Å². The lowest BCUT2D eigenvalue weighted by Crippen LogP contribution is -2.35. The lowest BCUT2D eigenvalue weighted by molar-refractivity contribution is 0.200. The molecule has 1 fully saturated rings. The van der Waals surface area contributed by atoms with E-state index in [1.807, 2.05) is 12.1 Å². The van der Waals surface area contributed by atoms with Gasteiger partial charge in [0.2, 0.25) is 0 Å². The molecule has 100 valence electrons. The van der Waals surface area contributed by atoms with Gasteiger partial charge in [0.05, 0.1) is 10.0 Å². The zero-order valence-corrected chi connectivity index (χ0v) is 12.0. The number of hydrogen-bond donors (Lipinski definition) is 2. The van der Waals surface area contributed by atoms with Gasteiger partial charge in [-0.05, 0) is 37.3 Å². The molecule has 0 aliphatic heterocycles. The summed E-state index contributed by atoms with van der Waals surface area (Å²) in [6, 6.07) is 6.23. The smallest absolute Gasteiger partial charge is 0.0639 e. The van der Waals surface area contributed by atoms with Crippen molar-refractivity contribution >= 4 is 23.2 Å². The molecular weight excluding hydrogens is 269 g/mol. The third kappa shape index (κ3) is 3.00. The molecule has 1 aliphatic carbocycles. The number of aliphatic hydroxyl groups excluding tert-OH is 1. The van der Waals surface area contributed by atoms with E-state index in [1.165, 1.54) is 6.42 Å². The van der Waals surface area contributed by atoms with Crippen molar-refractivity contribution in [3.05, 3.63) is 33.8 Å². The van der Waals surface area contributed by atoms with E-state index < -0.39 is 0 Å². The third-order valence-electron chi connectivity index (χ3n) is 3.81. The number of halogens is 2. The fourth-order valence-electron chi connectivity index (χ4n) is 2.74. The van der Waals surface area contributed by atoms with Crippen LogP contribution < -0.4 is 5.32 Å². The first-order valence-corrected chi connectivity index (χ1v) is 7.20. The quantitative estimate of drug-likeness (QED) is 0.883. The summed E-state index contributed by atoms with van der Waals surface area (Å²) in [5.74, 6) is 0.366. The Morgan fingerprint density at radius 3 is 2.89 bits per heavy atom. The Hall–Kier alpha value is -0.280. The fourth-order valence-corrected chi connectivity index (χ4v) is 3.21. The third-order valence-corrected chi connectivity index (χ3v) is 4.64. The Morgan fingerprint density at radius 2 is 2.17 bits per heavy atom. The summed E-state index contributed by atoms with van der Waals surface area (Å²) in [7, 11) is 0. The molecule has 4 heteroatoms. The Morgan fingerprint density at radius 1 is 1.39 bits per heavy atom. The largest absolute Gasteiger partial charge is 0.396 e. The first kappa shape index (κ1) is 14.1. The summed E-state index contributed by atoms with van der Waals surface area (Å²) in [5, 5.41) is 14.1. The minimum atomic E-state index is 0.147. The molecule has 1 aromatic carbocycles. The average molecular weight is 288 g/mol. The van der Waals surface area contributed by atoms with Crippen LogP contribution in [-0.4, -0.2) is 17.8 Å². The van der Waals surface area contributed by atoms with Crippen LogP contribution in [0.25, 0.3) is 0 Å². The molecule has 0 spiro atoms. The van der Waals surface area contributed by atoms with E-state index in [0.717, 1.165) is 18.4 Å². The maximum absolute atomic E-state index is 9.33. The number of hydrogen-bond acceptors (Lipinski definition) is 2. The number of nitrogens with one attached hydrogen (secondary N) is 1. The monoisotopic (exact) mass is 287 g/mol. The molecule has 2 N–H and O–H groups in total. The van der Waals surface area contributed by atoms with E-state index in [2.05, 4.69) is 12.2 Å². The van der Waals surface area contributed by atoms with Crippen molar-refractivity contribution in [2.45, 2.75) is 38.3 Å². The van der Waals surface area contributed by atoms with Crippen LogP contribution in [0.1, 0.15) is 37.8 Å². The highest BCUT2D eigenvalue weighted by Gasteiger charge is 2.28. The maximum Gasteiger partial charge on any atom is 0.0639 e. The lowest BCUT2D eigenvalue weighted by Gasteiger charge is -2.25. The fraction of sp³-hybridized carbons (Fsp3) is 0.571. The molecule has 3 atom stereocenters. The second-order valence-corrected chi connectivity index (χ2v) is 5.80. The molecular formula is C14H19Cl2NO. The van der Waals surface area contributed by atoms with Crippen molar-refractivity contribution in [3.8, 4) is 0 Å². The van der Waals surface area contributed by atoms with Gasteiger partial charge < -0.3 is 10.4 Å². The highest BCUT2D eigenvalue weighted by molar-refractivity contribution is 6.42. The van der Waals surface area contributed by atoms with Gasteiger partial charge in [-0.1, -0.05) is 41.8 Å². The summed E-state index contributed by atoms with van der Waals surface area (Å²) in [6.07, 6.45) is 3.40. The Kier molecular flexibility index (Phi) is 4.91. The molecule has 1 aliphatic rings. The van der Waals surface area contributed by atoms with Gasteiger partial charge in [0.25, 0.3) is 0 Å². The Balaban J connectivity index is 2.07. The van der Waals surface area contributed by atoms with E-state index in [1.54, 1.807) is 6.07 Å². The van der Waals surface area contributed by atoms with Crippen LogP contribution in [-0.2, 0) is 0 Å². The Labute approximate surface area is 118 Å². The second-order valence-electron chi connectivity index (χ2n) is 5.01. The van der Waals surface area contributed by atoms with Gasteiger partial charge in [-0.2, -0.15) is 0 Å². The number of benzene rings is 1. The average Bonchev–Trinajstić information content (AvgIpc) is 2.79. The van der Waals surface area contributed by atoms with Gasteiger partial charge in [0, 0.05) is 18.7 Å². The minimum absolute atomic E-state index is 0.147. The molecule has 0 amide bonds. The van der Waals surface area contributed by atoms with Crippen LogP contribution in [0.15, 0.2) is 18.2 Å². The van der Waals surface area contributed by atoms with E-state index in [0.29, 0.717) is 22.0 Å². The second kappa shape index (κ2) is 6.25. The van der Waals surface area contributed by atoms with Crippen LogP contribution in [0.4, 0.5) is 0 Å². The highest BCUT2D eigenvalue weighted by Crippen LogP contribution is 2.32. The zero-order valence-electron chi connectivity index (χ0n) is 10.5. The standard InChI is InChI=1S/C14H19Cl2NO/c1-9(11-5-3-6-12(15)14(11)16)17-13-7-2-4-10(13)8-18/h3,5-6,9-10,13,17-18H,2,4,7-8H2,1H3. The summed E-state index contributed by atoms with van der Waals surface area (Å²) < 4.78 is 0. The maximum atomic E-state index is 9.33. The van der Waals surface area contributed by atoms with E-state index >= 15 is 0 Å². The first-order chi connectivity index (χ1) is 8.63. The molecule has 0 bridgehead atoms. The zero-order chi connectivity index (χ0) is 13.1. The van der Waals surface area contributed by atoms with Crippen molar-refractivity contribution in [1.82, 2.24) is 5.32 Å². The van der Waals surface area contributed by atoms with Gasteiger partial charge in [-0.25, -0.2) is 0 Å². The van der Waals surface area contributed by atoms with Gasteiger partial charge >= 0.3 is 0 Å². The topological polar surface area (TPSA) is 32.3 Å². The molecule has 2 rings (SSSR count). The summed E-state index contributed by atoms with van der Waals surface area (Å²) in [4.78, 5) is 0. The van der Waals surface area contributed by atoms with Crippen LogP contribution in [0.5, 0.6) is 0 Å². The molecule has 0 radical (unpaired) electrons. The number of aliphatic hydroxyl groups is 1. The Bertz CT molecular complexity index is 411. The van der Waals surface area contributed by atoms with Crippen LogP contribution in [0.3, 0.4) is 0 Å². The SMILES string of the molecule is CC(NC1CCCC1CO)c1cccc(Cl)c1Cl. The van der Waals surface area contributed by atoms with E-state index in [-0.39, 0.29) is 12.6 Å². The van der Waals surface area contributed by atoms with Gasteiger partial charge in [0.1, 0.15) is 0 Å². The molecule has 3 unspecified atom stereocenters. The molecule has 2 nitrogen and oxygen atoms in total. The molecule has 1 aromatic rings. The first-order valence-electron chi connectivity index (χ1n) is 6.44. The van der Waals surface area contributed by atoms with Crippen molar-refractivity contribution in [1.29, 1.82) is 0 Å². The molecule has 1 saturated carbocycles. The lowest BCUT2D eigenvalue weighted by atomic mass is 10.0. The summed E-state index contributed by atoms with van der Waals surface area (Å²) >= 11 is 12.3. The molecule has 0 saturated heterocycles. The predicted molar refractivity (Wildman–Crippen MR) is 76.2 cm³/mol. The van der Waals surface area contributed by atoms with Crippen LogP contribution >= 0.6 is 23.2 Å². The van der Waals surface area contributed by atoms with Crippen molar-refractivity contribution in [2.75, 3.05) is 6.61 Å². The molecule has 0 aromatic heterocycles. The summed E-state index contributed by atoms with van der Waals surface area (Å²) in [6.45, 7) is 2.35. The minimum Gasteiger partial charge on any atom is -0.396 e. The van der Waals surface area contributed by atoms with Crippen LogP contribution in [0, 0.1) is 5.92 Å². The highest BCUT2D eigenvalue weighted by atomic mass is 35.5. The van der Waals surface area contributed by atoms with Crippen molar-refractivity contribution in [2.24, 2.45) is 5.92 Å². The predicted octanol–water partition coefficient (Wildman–Crippen LogP) is 3.81. The van der Waals surface area contributed by atoms with E-state index in [9.17, 15) is 5.11 Å². The van der Waals surface area contributed by atoms with Gasteiger partial charge in [0.15, 0.2) is 0 Å². The van der Waals surface area contributed by atoms with Crippen molar-refractivity contribution < 1.29 is 5.11 Å².